The topological polar surface area (TPSA) is 15.6 Å². The van der Waals surface area contributed by atoms with Gasteiger partial charge in [-0.2, -0.15) is 5.10 Å². The van der Waals surface area contributed by atoms with E-state index in [0.717, 1.165) is 18.7 Å². The van der Waals surface area contributed by atoms with Crippen molar-refractivity contribution in [1.82, 2.24) is 5.01 Å². The van der Waals surface area contributed by atoms with Crippen LogP contribution < -0.4 is 0 Å². The summed E-state index contributed by atoms with van der Waals surface area (Å²) in [4.78, 5) is 0. The minimum atomic E-state index is 0.952. The molecule has 0 bridgehead atoms. The van der Waals surface area contributed by atoms with E-state index in [9.17, 15) is 0 Å². The molecule has 0 saturated heterocycles. The molecule has 0 N–H and O–H groups in total. The predicted molar refractivity (Wildman–Crippen MR) is 54.5 cm³/mol. The van der Waals surface area contributed by atoms with E-state index in [1.54, 1.807) is 6.20 Å². The number of nitrogens with zero attached hydrogens (tertiary/aromatic N) is 2. The zero-order valence-corrected chi connectivity index (χ0v) is 7.48. The monoisotopic (exact) mass is 172 g/mol. The lowest BCUT2D eigenvalue weighted by atomic mass is 10.1. The van der Waals surface area contributed by atoms with Crippen molar-refractivity contribution >= 4 is 5.71 Å². The minimum absolute atomic E-state index is 0.952. The van der Waals surface area contributed by atoms with Crippen LogP contribution >= 0.6 is 0 Å². The summed E-state index contributed by atoms with van der Waals surface area (Å²) >= 11 is 0. The predicted octanol–water partition coefficient (Wildman–Crippen LogP) is 2.24. The van der Waals surface area contributed by atoms with Gasteiger partial charge < -0.3 is 0 Å². The molecule has 2 heteroatoms. The second-order valence-electron chi connectivity index (χ2n) is 3.01. The third-order valence-corrected chi connectivity index (χ3v) is 2.14. The lowest BCUT2D eigenvalue weighted by Gasteiger charge is -2.02. The average Bonchev–Trinajstić information content (AvgIpc) is 2.67. The molecule has 1 aliphatic rings. The van der Waals surface area contributed by atoms with Crippen LogP contribution in [0.2, 0.25) is 0 Å². The minimum Gasteiger partial charge on any atom is -0.273 e. The Morgan fingerprint density at radius 3 is 2.69 bits per heavy atom. The number of hydrogen-bond acceptors (Lipinski definition) is 2. The maximum atomic E-state index is 4.41. The molecule has 0 spiro atoms. The zero-order chi connectivity index (χ0) is 9.10. The van der Waals surface area contributed by atoms with Crippen molar-refractivity contribution in [3.8, 4) is 0 Å². The second kappa shape index (κ2) is 3.44. The molecule has 13 heavy (non-hydrogen) atoms. The molecule has 2 rings (SSSR count). The average molecular weight is 172 g/mol. The summed E-state index contributed by atoms with van der Waals surface area (Å²) in [5, 5.41) is 6.29. The van der Waals surface area contributed by atoms with E-state index < -0.39 is 0 Å². The summed E-state index contributed by atoms with van der Waals surface area (Å²) < 4.78 is 0. The van der Waals surface area contributed by atoms with Crippen LogP contribution in [0.5, 0.6) is 0 Å². The fourth-order valence-corrected chi connectivity index (χ4v) is 1.44. The Balaban J connectivity index is 2.24. The van der Waals surface area contributed by atoms with E-state index in [2.05, 4.69) is 23.8 Å². The molecule has 1 heterocycles. The summed E-state index contributed by atoms with van der Waals surface area (Å²) in [5.74, 6) is 0. The molecule has 0 aliphatic carbocycles. The number of hydrogen-bond donors (Lipinski definition) is 0. The van der Waals surface area contributed by atoms with Gasteiger partial charge in [-0.1, -0.05) is 36.9 Å². The van der Waals surface area contributed by atoms with Gasteiger partial charge in [0, 0.05) is 19.2 Å². The Morgan fingerprint density at radius 2 is 2.08 bits per heavy atom. The first kappa shape index (κ1) is 8.05. The molecular weight excluding hydrogens is 160 g/mol. The molecule has 1 aliphatic heterocycles. The van der Waals surface area contributed by atoms with Gasteiger partial charge >= 0.3 is 0 Å². The second-order valence-corrected chi connectivity index (χ2v) is 3.01. The van der Waals surface area contributed by atoms with Gasteiger partial charge in [0.1, 0.15) is 0 Å². The maximum absolute atomic E-state index is 4.41. The fraction of sp³-hybridized carbons (Fsp3) is 0.182. The molecular formula is C11H12N2. The lowest BCUT2D eigenvalue weighted by Crippen LogP contribution is -2.02. The van der Waals surface area contributed by atoms with Gasteiger partial charge in [0.25, 0.3) is 0 Å². The fourth-order valence-electron chi connectivity index (χ4n) is 1.44. The molecule has 0 aromatic heterocycles. The van der Waals surface area contributed by atoms with Crippen LogP contribution in [0.1, 0.15) is 12.0 Å². The van der Waals surface area contributed by atoms with Crippen LogP contribution in [0, 0.1) is 0 Å². The van der Waals surface area contributed by atoms with Crippen molar-refractivity contribution in [3.05, 3.63) is 48.7 Å². The molecule has 0 saturated carbocycles. The van der Waals surface area contributed by atoms with Crippen molar-refractivity contribution in [2.24, 2.45) is 5.10 Å². The zero-order valence-electron chi connectivity index (χ0n) is 7.48. The largest absolute Gasteiger partial charge is 0.273 e. The first-order chi connectivity index (χ1) is 6.40. The van der Waals surface area contributed by atoms with E-state index in [4.69, 9.17) is 0 Å². The summed E-state index contributed by atoms with van der Waals surface area (Å²) in [5.41, 5.74) is 2.37. The highest BCUT2D eigenvalue weighted by molar-refractivity contribution is 6.01. The normalized spacial score (nSPS) is 15.7. The smallest absolute Gasteiger partial charge is 0.0700 e. The van der Waals surface area contributed by atoms with Crippen LogP contribution in [0.3, 0.4) is 0 Å². The molecule has 0 amide bonds. The Bertz CT molecular complexity index is 327. The molecule has 66 valence electrons. The Labute approximate surface area is 78.2 Å². The lowest BCUT2D eigenvalue weighted by molar-refractivity contribution is 0.442. The first-order valence-corrected chi connectivity index (χ1v) is 4.42. The summed E-state index contributed by atoms with van der Waals surface area (Å²) in [7, 11) is 0. The molecule has 1 aromatic carbocycles. The molecule has 0 atom stereocenters. The number of hydrazone groups is 1. The van der Waals surface area contributed by atoms with E-state index in [0.29, 0.717) is 0 Å². The highest BCUT2D eigenvalue weighted by atomic mass is 15.5. The molecule has 2 nitrogen and oxygen atoms in total. The molecule has 0 fully saturated rings. The van der Waals surface area contributed by atoms with Gasteiger partial charge in [-0.25, -0.2) is 0 Å². The van der Waals surface area contributed by atoms with Gasteiger partial charge in [0.05, 0.1) is 5.71 Å². The number of benzene rings is 1. The quantitative estimate of drug-likeness (QED) is 0.668. The first-order valence-electron chi connectivity index (χ1n) is 4.42. The van der Waals surface area contributed by atoms with Gasteiger partial charge in [0.2, 0.25) is 0 Å². The van der Waals surface area contributed by atoms with Crippen molar-refractivity contribution in [2.45, 2.75) is 6.42 Å². The SMILES string of the molecule is C=CN1CCC(c2ccccc2)=N1. The van der Waals surface area contributed by atoms with Crippen molar-refractivity contribution < 1.29 is 0 Å². The summed E-state index contributed by atoms with van der Waals surface area (Å²) in [6, 6.07) is 10.3. The maximum Gasteiger partial charge on any atom is 0.0700 e. The van der Waals surface area contributed by atoms with Crippen LogP contribution in [0.4, 0.5) is 0 Å². The Hall–Kier alpha value is -1.57. The number of rotatable bonds is 2. The van der Waals surface area contributed by atoms with Crippen LogP contribution in [0.15, 0.2) is 48.2 Å². The van der Waals surface area contributed by atoms with Gasteiger partial charge in [-0.05, 0) is 5.56 Å². The highest BCUT2D eigenvalue weighted by Gasteiger charge is 2.12. The molecule has 0 radical (unpaired) electrons. The highest BCUT2D eigenvalue weighted by Crippen LogP contribution is 2.12. The van der Waals surface area contributed by atoms with Crippen LogP contribution in [-0.4, -0.2) is 17.3 Å². The van der Waals surface area contributed by atoms with Gasteiger partial charge in [0.15, 0.2) is 0 Å². The summed E-state index contributed by atoms with van der Waals surface area (Å²) in [6.07, 6.45) is 2.77. The van der Waals surface area contributed by atoms with Crippen LogP contribution in [-0.2, 0) is 0 Å². The van der Waals surface area contributed by atoms with Gasteiger partial charge in [-0.15, -0.1) is 0 Å². The molecule has 1 aromatic rings. The van der Waals surface area contributed by atoms with E-state index >= 15 is 0 Å². The van der Waals surface area contributed by atoms with E-state index in [-0.39, 0.29) is 0 Å². The van der Waals surface area contributed by atoms with Gasteiger partial charge in [-0.3, -0.25) is 5.01 Å². The van der Waals surface area contributed by atoms with Crippen molar-refractivity contribution in [3.63, 3.8) is 0 Å². The van der Waals surface area contributed by atoms with E-state index in [1.807, 2.05) is 23.2 Å². The Kier molecular flexibility index (Phi) is 2.13. The Morgan fingerprint density at radius 1 is 1.31 bits per heavy atom. The van der Waals surface area contributed by atoms with Crippen molar-refractivity contribution in [2.75, 3.05) is 6.54 Å². The van der Waals surface area contributed by atoms with Crippen LogP contribution in [0.25, 0.3) is 0 Å². The third kappa shape index (κ3) is 1.61. The summed E-state index contributed by atoms with van der Waals surface area (Å²) in [6.45, 7) is 4.64. The standard InChI is InChI=1S/C11H12N2/c1-2-13-9-8-11(12-13)10-6-4-3-5-7-10/h2-7H,1,8-9H2. The van der Waals surface area contributed by atoms with E-state index in [1.165, 1.54) is 5.56 Å². The van der Waals surface area contributed by atoms with Crippen molar-refractivity contribution in [1.29, 1.82) is 0 Å². The third-order valence-electron chi connectivity index (χ3n) is 2.14. The molecule has 0 unspecified atom stereocenters.